The van der Waals surface area contributed by atoms with Crippen LogP contribution in [0.4, 0.5) is 5.69 Å². The SMILES string of the molecule is CC(C)(C)NCC1CCN(c2cc(Cl)ccc2Cl)C1. The van der Waals surface area contributed by atoms with Crippen molar-refractivity contribution in [3.63, 3.8) is 0 Å². The van der Waals surface area contributed by atoms with Crippen LogP contribution >= 0.6 is 23.2 Å². The Morgan fingerprint density at radius 2 is 2.05 bits per heavy atom. The molecule has 1 unspecified atom stereocenters. The van der Waals surface area contributed by atoms with Gasteiger partial charge in [0.05, 0.1) is 10.7 Å². The molecule has 1 fully saturated rings. The number of benzene rings is 1. The lowest BCUT2D eigenvalue weighted by molar-refractivity contribution is 0.383. The minimum atomic E-state index is 0.182. The molecule has 0 aliphatic carbocycles. The van der Waals surface area contributed by atoms with Crippen molar-refractivity contribution in [2.75, 3.05) is 24.5 Å². The van der Waals surface area contributed by atoms with Gasteiger partial charge < -0.3 is 10.2 Å². The molecule has 0 spiro atoms. The molecule has 0 aromatic heterocycles. The molecule has 0 saturated carbocycles. The van der Waals surface area contributed by atoms with Gasteiger partial charge in [0.2, 0.25) is 0 Å². The first-order valence-corrected chi connectivity index (χ1v) is 7.56. The van der Waals surface area contributed by atoms with Crippen LogP contribution < -0.4 is 10.2 Å². The summed E-state index contributed by atoms with van der Waals surface area (Å²) < 4.78 is 0. The molecule has 2 rings (SSSR count). The van der Waals surface area contributed by atoms with E-state index in [1.165, 1.54) is 6.42 Å². The normalized spacial score (nSPS) is 20.1. The van der Waals surface area contributed by atoms with Crippen LogP contribution in [0.15, 0.2) is 18.2 Å². The highest BCUT2D eigenvalue weighted by atomic mass is 35.5. The van der Waals surface area contributed by atoms with E-state index < -0.39 is 0 Å². The predicted molar refractivity (Wildman–Crippen MR) is 84.5 cm³/mol. The van der Waals surface area contributed by atoms with Gasteiger partial charge in [0.25, 0.3) is 0 Å². The second-order valence-electron chi connectivity index (χ2n) is 6.33. The van der Waals surface area contributed by atoms with Crippen LogP contribution in [0.5, 0.6) is 0 Å². The third-order valence-corrected chi connectivity index (χ3v) is 4.01. The predicted octanol–water partition coefficient (Wildman–Crippen LogP) is 4.21. The summed E-state index contributed by atoms with van der Waals surface area (Å²) in [5.41, 5.74) is 1.24. The van der Waals surface area contributed by atoms with Crippen molar-refractivity contribution in [1.82, 2.24) is 5.32 Å². The molecular weight excluding hydrogens is 279 g/mol. The zero-order valence-corrected chi connectivity index (χ0v) is 13.4. The summed E-state index contributed by atoms with van der Waals surface area (Å²) in [6.45, 7) is 9.76. The summed E-state index contributed by atoms with van der Waals surface area (Å²) in [5.74, 6) is 0.675. The summed E-state index contributed by atoms with van der Waals surface area (Å²) in [6, 6.07) is 5.67. The lowest BCUT2D eigenvalue weighted by Crippen LogP contribution is -2.39. The van der Waals surface area contributed by atoms with Gasteiger partial charge in [-0.2, -0.15) is 0 Å². The Balaban J connectivity index is 1.96. The van der Waals surface area contributed by atoms with Gasteiger partial charge in [-0.05, 0) is 51.3 Å². The average Bonchev–Trinajstić information content (AvgIpc) is 2.77. The van der Waals surface area contributed by atoms with Crippen LogP contribution in [0.25, 0.3) is 0 Å². The second-order valence-corrected chi connectivity index (χ2v) is 7.17. The molecule has 1 aliphatic rings. The molecule has 4 heteroatoms. The molecule has 1 heterocycles. The van der Waals surface area contributed by atoms with Gasteiger partial charge >= 0.3 is 0 Å². The molecule has 1 atom stereocenters. The molecule has 1 aromatic carbocycles. The van der Waals surface area contributed by atoms with E-state index >= 15 is 0 Å². The number of hydrogen-bond acceptors (Lipinski definition) is 2. The Bertz CT molecular complexity index is 440. The van der Waals surface area contributed by atoms with Crippen molar-refractivity contribution in [1.29, 1.82) is 0 Å². The number of anilines is 1. The van der Waals surface area contributed by atoms with Crippen LogP contribution in [0.3, 0.4) is 0 Å². The van der Waals surface area contributed by atoms with Gasteiger partial charge in [-0.25, -0.2) is 0 Å². The summed E-state index contributed by atoms with van der Waals surface area (Å²) in [7, 11) is 0. The summed E-state index contributed by atoms with van der Waals surface area (Å²) in [5, 5.41) is 5.11. The third kappa shape index (κ3) is 4.27. The van der Waals surface area contributed by atoms with Crippen LogP contribution in [-0.2, 0) is 0 Å². The Morgan fingerprint density at radius 3 is 2.74 bits per heavy atom. The summed E-state index contributed by atoms with van der Waals surface area (Å²) in [6.07, 6.45) is 1.20. The maximum atomic E-state index is 6.26. The molecule has 1 saturated heterocycles. The monoisotopic (exact) mass is 300 g/mol. The molecule has 0 bridgehead atoms. The molecular formula is C15H22Cl2N2. The van der Waals surface area contributed by atoms with Gasteiger partial charge in [-0.1, -0.05) is 23.2 Å². The number of nitrogens with zero attached hydrogens (tertiary/aromatic N) is 1. The fourth-order valence-electron chi connectivity index (χ4n) is 2.40. The molecule has 1 aromatic rings. The van der Waals surface area contributed by atoms with Crippen molar-refractivity contribution in [2.45, 2.75) is 32.7 Å². The Labute approximate surface area is 126 Å². The van der Waals surface area contributed by atoms with Crippen molar-refractivity contribution in [3.05, 3.63) is 28.2 Å². The number of halogens is 2. The maximum Gasteiger partial charge on any atom is 0.0640 e. The fraction of sp³-hybridized carbons (Fsp3) is 0.600. The van der Waals surface area contributed by atoms with Gasteiger partial charge in [0.15, 0.2) is 0 Å². The highest BCUT2D eigenvalue weighted by Gasteiger charge is 2.25. The van der Waals surface area contributed by atoms with Crippen molar-refractivity contribution in [3.8, 4) is 0 Å². The highest BCUT2D eigenvalue weighted by molar-refractivity contribution is 6.35. The average molecular weight is 301 g/mol. The van der Waals surface area contributed by atoms with E-state index in [0.717, 1.165) is 35.4 Å². The van der Waals surface area contributed by atoms with Gasteiger partial charge in [-0.3, -0.25) is 0 Å². The molecule has 1 aliphatic heterocycles. The molecule has 1 N–H and O–H groups in total. The number of hydrogen-bond donors (Lipinski definition) is 1. The smallest absolute Gasteiger partial charge is 0.0640 e. The maximum absolute atomic E-state index is 6.26. The fourth-order valence-corrected chi connectivity index (χ4v) is 2.80. The van der Waals surface area contributed by atoms with Gasteiger partial charge in [0, 0.05) is 30.2 Å². The van der Waals surface area contributed by atoms with E-state index in [0.29, 0.717) is 5.92 Å². The lowest BCUT2D eigenvalue weighted by Gasteiger charge is -2.24. The highest BCUT2D eigenvalue weighted by Crippen LogP contribution is 2.32. The third-order valence-electron chi connectivity index (χ3n) is 3.46. The number of rotatable bonds is 3. The van der Waals surface area contributed by atoms with E-state index in [-0.39, 0.29) is 5.54 Å². The lowest BCUT2D eigenvalue weighted by atomic mass is 10.1. The zero-order chi connectivity index (χ0) is 14.0. The standard InChI is InChI=1S/C15H22Cl2N2/c1-15(2,3)18-9-11-6-7-19(10-11)14-8-12(16)4-5-13(14)17/h4-5,8,11,18H,6-7,9-10H2,1-3H3. The largest absolute Gasteiger partial charge is 0.370 e. The van der Waals surface area contributed by atoms with Crippen molar-refractivity contribution >= 4 is 28.9 Å². The minimum Gasteiger partial charge on any atom is -0.370 e. The Kier molecular flexibility index (Phi) is 4.65. The van der Waals surface area contributed by atoms with Gasteiger partial charge in [-0.15, -0.1) is 0 Å². The van der Waals surface area contributed by atoms with E-state index in [9.17, 15) is 0 Å². The van der Waals surface area contributed by atoms with E-state index in [4.69, 9.17) is 23.2 Å². The van der Waals surface area contributed by atoms with Crippen molar-refractivity contribution < 1.29 is 0 Å². The van der Waals surface area contributed by atoms with E-state index in [2.05, 4.69) is 31.0 Å². The van der Waals surface area contributed by atoms with E-state index in [1.54, 1.807) is 0 Å². The first-order valence-electron chi connectivity index (χ1n) is 6.80. The van der Waals surface area contributed by atoms with Gasteiger partial charge in [0.1, 0.15) is 0 Å². The van der Waals surface area contributed by atoms with Crippen LogP contribution in [0, 0.1) is 5.92 Å². The van der Waals surface area contributed by atoms with Crippen LogP contribution in [-0.4, -0.2) is 25.2 Å². The minimum absolute atomic E-state index is 0.182. The summed E-state index contributed by atoms with van der Waals surface area (Å²) in [4.78, 5) is 2.34. The molecule has 106 valence electrons. The first-order chi connectivity index (χ1) is 8.85. The quantitative estimate of drug-likeness (QED) is 0.899. The molecule has 2 nitrogen and oxygen atoms in total. The first kappa shape index (κ1) is 15.0. The molecule has 19 heavy (non-hydrogen) atoms. The molecule has 0 amide bonds. The van der Waals surface area contributed by atoms with Crippen molar-refractivity contribution in [2.24, 2.45) is 5.92 Å². The second kappa shape index (κ2) is 5.90. The topological polar surface area (TPSA) is 15.3 Å². The summed E-state index contributed by atoms with van der Waals surface area (Å²) >= 11 is 12.3. The molecule has 0 radical (unpaired) electrons. The Hall–Kier alpha value is -0.440. The Morgan fingerprint density at radius 1 is 1.32 bits per heavy atom. The van der Waals surface area contributed by atoms with Crippen LogP contribution in [0.2, 0.25) is 10.0 Å². The number of nitrogens with one attached hydrogen (secondary N) is 1. The van der Waals surface area contributed by atoms with E-state index in [1.807, 2.05) is 18.2 Å². The zero-order valence-electron chi connectivity index (χ0n) is 11.8. The van der Waals surface area contributed by atoms with Crippen LogP contribution in [0.1, 0.15) is 27.2 Å².